The van der Waals surface area contributed by atoms with E-state index in [1.165, 1.54) is 32.1 Å². The summed E-state index contributed by atoms with van der Waals surface area (Å²) in [5.74, 6) is 3.49. The molecule has 0 saturated heterocycles. The van der Waals surface area contributed by atoms with Crippen molar-refractivity contribution in [2.75, 3.05) is 0 Å². The summed E-state index contributed by atoms with van der Waals surface area (Å²) >= 11 is 0. The van der Waals surface area contributed by atoms with Crippen molar-refractivity contribution >= 4 is 0 Å². The van der Waals surface area contributed by atoms with Crippen molar-refractivity contribution in [2.45, 2.75) is 58.0 Å². The molecule has 2 saturated carbocycles. The summed E-state index contributed by atoms with van der Waals surface area (Å²) in [6.45, 7) is 4.78. The molecule has 0 aromatic rings. The highest BCUT2D eigenvalue weighted by Crippen LogP contribution is 2.41. The highest BCUT2D eigenvalue weighted by atomic mass is 14.7. The lowest BCUT2D eigenvalue weighted by Gasteiger charge is -2.38. The van der Waals surface area contributed by atoms with Crippen molar-refractivity contribution in [3.63, 3.8) is 0 Å². The van der Waals surface area contributed by atoms with E-state index in [1.54, 1.807) is 0 Å². The fourth-order valence-electron chi connectivity index (χ4n) is 3.56. The van der Waals surface area contributed by atoms with Gasteiger partial charge in [0, 0.05) is 12.1 Å². The summed E-state index contributed by atoms with van der Waals surface area (Å²) in [6, 6.07) is 0.974. The molecule has 4 N–H and O–H groups in total. The molecular formula is C13H26N2. The molecule has 2 unspecified atom stereocenters. The van der Waals surface area contributed by atoms with Gasteiger partial charge in [0.2, 0.25) is 0 Å². The van der Waals surface area contributed by atoms with Crippen LogP contribution >= 0.6 is 0 Å². The van der Waals surface area contributed by atoms with E-state index in [-0.39, 0.29) is 0 Å². The molecule has 2 rings (SSSR count). The molecule has 2 fully saturated rings. The molecule has 4 atom stereocenters. The van der Waals surface area contributed by atoms with Crippen LogP contribution in [-0.4, -0.2) is 12.1 Å². The minimum atomic E-state index is 0.473. The van der Waals surface area contributed by atoms with Crippen LogP contribution in [0.5, 0.6) is 0 Å². The van der Waals surface area contributed by atoms with E-state index in [0.717, 1.165) is 23.7 Å². The van der Waals surface area contributed by atoms with Crippen molar-refractivity contribution in [1.29, 1.82) is 0 Å². The molecule has 2 heteroatoms. The molecule has 0 bridgehead atoms. The summed E-state index contributed by atoms with van der Waals surface area (Å²) < 4.78 is 0. The molecule has 88 valence electrons. The summed E-state index contributed by atoms with van der Waals surface area (Å²) in [5.41, 5.74) is 11.9. The third-order valence-corrected chi connectivity index (χ3v) is 4.78. The van der Waals surface area contributed by atoms with Gasteiger partial charge in [0.25, 0.3) is 0 Å². The number of hydrogen-bond donors (Lipinski definition) is 2. The van der Waals surface area contributed by atoms with E-state index < -0.39 is 0 Å². The Bertz CT molecular complexity index is 211. The predicted molar refractivity (Wildman–Crippen MR) is 64.3 cm³/mol. The van der Waals surface area contributed by atoms with Gasteiger partial charge >= 0.3 is 0 Å². The van der Waals surface area contributed by atoms with Crippen molar-refractivity contribution in [1.82, 2.24) is 0 Å². The lowest BCUT2D eigenvalue weighted by atomic mass is 9.70. The summed E-state index contributed by atoms with van der Waals surface area (Å²) in [4.78, 5) is 0. The standard InChI is InChI=1S/C13H26N2/c1-8(11-6-13(15)7-11)3-10-5-12(14)4-9(10)2/h8-13H,3-7,14-15H2,1-2H3/t8?,9-,10?,11?,12-,13?/m0/s1. The zero-order chi connectivity index (χ0) is 11.0. The first-order chi connectivity index (χ1) is 7.06. The normalized spacial score (nSPS) is 47.6. The average Bonchev–Trinajstić information content (AvgIpc) is 2.40. The van der Waals surface area contributed by atoms with Crippen LogP contribution in [0.3, 0.4) is 0 Å². The molecule has 2 aliphatic carbocycles. The van der Waals surface area contributed by atoms with Gasteiger partial charge in [0.1, 0.15) is 0 Å². The van der Waals surface area contributed by atoms with Crippen LogP contribution in [0.2, 0.25) is 0 Å². The van der Waals surface area contributed by atoms with Gasteiger partial charge in [-0.25, -0.2) is 0 Å². The van der Waals surface area contributed by atoms with Gasteiger partial charge in [-0.05, 0) is 55.8 Å². The van der Waals surface area contributed by atoms with Gasteiger partial charge in [-0.2, -0.15) is 0 Å². The van der Waals surface area contributed by atoms with E-state index in [0.29, 0.717) is 12.1 Å². The maximum absolute atomic E-state index is 6.02. The van der Waals surface area contributed by atoms with Crippen molar-refractivity contribution in [3.8, 4) is 0 Å². The van der Waals surface area contributed by atoms with E-state index in [2.05, 4.69) is 13.8 Å². The van der Waals surface area contributed by atoms with Crippen molar-refractivity contribution < 1.29 is 0 Å². The van der Waals surface area contributed by atoms with Gasteiger partial charge in [0.05, 0.1) is 0 Å². The highest BCUT2D eigenvalue weighted by Gasteiger charge is 2.35. The van der Waals surface area contributed by atoms with E-state index >= 15 is 0 Å². The zero-order valence-electron chi connectivity index (χ0n) is 10.2. The second kappa shape index (κ2) is 4.42. The number of nitrogens with two attached hydrogens (primary N) is 2. The summed E-state index contributed by atoms with van der Waals surface area (Å²) in [7, 11) is 0. The largest absolute Gasteiger partial charge is 0.328 e. The minimum absolute atomic E-state index is 0.473. The third-order valence-electron chi connectivity index (χ3n) is 4.78. The van der Waals surface area contributed by atoms with Gasteiger partial charge in [-0.3, -0.25) is 0 Å². The molecule has 0 spiro atoms. The molecule has 2 nitrogen and oxygen atoms in total. The van der Waals surface area contributed by atoms with Crippen LogP contribution in [0.25, 0.3) is 0 Å². The molecule has 0 heterocycles. The number of hydrogen-bond acceptors (Lipinski definition) is 2. The van der Waals surface area contributed by atoms with Crippen LogP contribution < -0.4 is 11.5 Å². The van der Waals surface area contributed by atoms with Gasteiger partial charge < -0.3 is 11.5 Å². The lowest BCUT2D eigenvalue weighted by molar-refractivity contribution is 0.154. The van der Waals surface area contributed by atoms with E-state index in [1.807, 2.05) is 0 Å². The second-order valence-corrected chi connectivity index (χ2v) is 6.17. The number of rotatable bonds is 3. The average molecular weight is 210 g/mol. The zero-order valence-corrected chi connectivity index (χ0v) is 10.2. The fraction of sp³-hybridized carbons (Fsp3) is 1.00. The Balaban J connectivity index is 1.76. The first-order valence-corrected chi connectivity index (χ1v) is 6.57. The molecular weight excluding hydrogens is 184 g/mol. The van der Waals surface area contributed by atoms with Gasteiger partial charge in [-0.1, -0.05) is 13.8 Å². The minimum Gasteiger partial charge on any atom is -0.328 e. The van der Waals surface area contributed by atoms with Crippen LogP contribution in [0.15, 0.2) is 0 Å². The molecule has 2 aliphatic rings. The molecule has 0 aromatic carbocycles. The van der Waals surface area contributed by atoms with Crippen LogP contribution in [0.4, 0.5) is 0 Å². The Labute approximate surface area is 93.8 Å². The quantitative estimate of drug-likeness (QED) is 0.749. The smallest absolute Gasteiger partial charge is 0.00443 e. The SMILES string of the molecule is CC(CC1C[C@@H](N)C[C@@H]1C)C1CC(N)C1. The predicted octanol–water partition coefficient (Wildman–Crippen LogP) is 2.12. The van der Waals surface area contributed by atoms with Gasteiger partial charge in [-0.15, -0.1) is 0 Å². The molecule has 0 amide bonds. The Kier molecular flexibility index (Phi) is 3.36. The molecule has 0 aromatic heterocycles. The van der Waals surface area contributed by atoms with Crippen molar-refractivity contribution in [2.24, 2.45) is 35.1 Å². The van der Waals surface area contributed by atoms with E-state index in [4.69, 9.17) is 11.5 Å². The first-order valence-electron chi connectivity index (χ1n) is 6.57. The summed E-state index contributed by atoms with van der Waals surface area (Å²) in [6.07, 6.45) is 6.39. The monoisotopic (exact) mass is 210 g/mol. The Morgan fingerprint density at radius 2 is 1.67 bits per heavy atom. The Morgan fingerprint density at radius 1 is 1.07 bits per heavy atom. The highest BCUT2D eigenvalue weighted by molar-refractivity contribution is 4.89. The topological polar surface area (TPSA) is 52.0 Å². The Morgan fingerprint density at radius 3 is 2.13 bits per heavy atom. The maximum atomic E-state index is 6.02. The second-order valence-electron chi connectivity index (χ2n) is 6.17. The molecule has 15 heavy (non-hydrogen) atoms. The van der Waals surface area contributed by atoms with Crippen LogP contribution in [0.1, 0.15) is 46.0 Å². The van der Waals surface area contributed by atoms with Crippen LogP contribution in [-0.2, 0) is 0 Å². The van der Waals surface area contributed by atoms with Gasteiger partial charge in [0.15, 0.2) is 0 Å². The van der Waals surface area contributed by atoms with E-state index in [9.17, 15) is 0 Å². The fourth-order valence-corrected chi connectivity index (χ4v) is 3.56. The lowest BCUT2D eigenvalue weighted by Crippen LogP contribution is -2.39. The molecule has 0 radical (unpaired) electrons. The third kappa shape index (κ3) is 2.54. The van der Waals surface area contributed by atoms with Crippen LogP contribution in [0, 0.1) is 23.7 Å². The molecule has 0 aliphatic heterocycles. The first kappa shape index (κ1) is 11.4. The summed E-state index contributed by atoms with van der Waals surface area (Å²) in [5, 5.41) is 0. The Hall–Kier alpha value is -0.0800. The van der Waals surface area contributed by atoms with Crippen molar-refractivity contribution in [3.05, 3.63) is 0 Å². The maximum Gasteiger partial charge on any atom is 0.00443 e.